The maximum Gasteiger partial charge on any atom is 0.243 e. The third-order valence-electron chi connectivity index (χ3n) is 2.63. The van der Waals surface area contributed by atoms with Crippen LogP contribution in [0.2, 0.25) is 0 Å². The van der Waals surface area contributed by atoms with Crippen molar-refractivity contribution in [3.63, 3.8) is 0 Å². The summed E-state index contributed by atoms with van der Waals surface area (Å²) in [7, 11) is 0. The Morgan fingerprint density at radius 1 is 0.692 bits per heavy atom. The van der Waals surface area contributed by atoms with E-state index in [0.717, 1.165) is 11.4 Å². The first kappa shape index (κ1) is 22.5. The molecule has 2 aromatic rings. The molecule has 6 heteroatoms. The molecule has 6 nitrogen and oxygen atoms in total. The van der Waals surface area contributed by atoms with Gasteiger partial charge in [-0.25, -0.2) is 0 Å². The number of rotatable bonds is 4. The number of nitrogens with zero attached hydrogens (tertiary/aromatic N) is 2. The largest absolute Gasteiger partial charge is 0.366 e. The molecular formula is C20H24N4O2. The number of hydrogen-bond acceptors (Lipinski definition) is 4. The van der Waals surface area contributed by atoms with Crippen LogP contribution in [0.3, 0.4) is 0 Å². The van der Waals surface area contributed by atoms with E-state index in [4.69, 9.17) is 11.5 Å². The van der Waals surface area contributed by atoms with Gasteiger partial charge < -0.3 is 11.5 Å². The van der Waals surface area contributed by atoms with Crippen LogP contribution in [0.25, 0.3) is 0 Å². The monoisotopic (exact) mass is 352 g/mol. The van der Waals surface area contributed by atoms with Crippen molar-refractivity contribution >= 4 is 23.2 Å². The standard InChI is InChI=1S/C12H10N2.2C4H7NO/c1-3-7-11(8-4-1)13-14-12-9-5-2-6-10-12;2*1-3(2)4(5)6/h1-10H;2*1H2,2H3,(H2,5,6). The Labute approximate surface area is 153 Å². The van der Waals surface area contributed by atoms with Gasteiger partial charge in [0.1, 0.15) is 0 Å². The highest BCUT2D eigenvalue weighted by Crippen LogP contribution is 2.16. The smallest absolute Gasteiger partial charge is 0.243 e. The first-order valence-electron chi connectivity index (χ1n) is 7.66. The van der Waals surface area contributed by atoms with Gasteiger partial charge in [0.25, 0.3) is 0 Å². The molecule has 26 heavy (non-hydrogen) atoms. The summed E-state index contributed by atoms with van der Waals surface area (Å²) in [5.74, 6) is -0.870. The van der Waals surface area contributed by atoms with Crippen molar-refractivity contribution in [2.24, 2.45) is 21.7 Å². The van der Waals surface area contributed by atoms with Crippen molar-refractivity contribution in [2.45, 2.75) is 13.8 Å². The fourth-order valence-corrected chi connectivity index (χ4v) is 1.10. The summed E-state index contributed by atoms with van der Waals surface area (Å²) in [4.78, 5) is 19.6. The fourth-order valence-electron chi connectivity index (χ4n) is 1.10. The lowest BCUT2D eigenvalue weighted by Gasteiger charge is -1.91. The molecule has 0 unspecified atom stereocenters. The van der Waals surface area contributed by atoms with Crippen LogP contribution in [0.1, 0.15) is 13.8 Å². The van der Waals surface area contributed by atoms with Gasteiger partial charge in [-0.1, -0.05) is 49.6 Å². The molecule has 2 aromatic carbocycles. The summed E-state index contributed by atoms with van der Waals surface area (Å²) in [5.41, 5.74) is 11.9. The number of amides is 2. The third-order valence-corrected chi connectivity index (χ3v) is 2.63. The maximum atomic E-state index is 9.82. The van der Waals surface area contributed by atoms with Gasteiger partial charge in [-0.05, 0) is 38.1 Å². The Balaban J connectivity index is 0.000000437. The Morgan fingerprint density at radius 2 is 0.923 bits per heavy atom. The number of hydrogen-bond donors (Lipinski definition) is 2. The van der Waals surface area contributed by atoms with Crippen LogP contribution in [0.5, 0.6) is 0 Å². The van der Waals surface area contributed by atoms with E-state index in [9.17, 15) is 9.59 Å². The summed E-state index contributed by atoms with van der Waals surface area (Å²) in [6.45, 7) is 9.70. The molecule has 0 bridgehead atoms. The average molecular weight is 352 g/mol. The van der Waals surface area contributed by atoms with E-state index in [1.165, 1.54) is 0 Å². The molecule has 0 aliphatic heterocycles. The van der Waals surface area contributed by atoms with Crippen molar-refractivity contribution in [3.05, 3.63) is 85.0 Å². The van der Waals surface area contributed by atoms with E-state index in [-0.39, 0.29) is 0 Å². The lowest BCUT2D eigenvalue weighted by Crippen LogP contribution is -2.10. The van der Waals surface area contributed by atoms with Crippen molar-refractivity contribution in [3.8, 4) is 0 Å². The quantitative estimate of drug-likeness (QED) is 0.635. The van der Waals surface area contributed by atoms with E-state index >= 15 is 0 Å². The topological polar surface area (TPSA) is 111 Å². The third kappa shape index (κ3) is 12.0. The lowest BCUT2D eigenvalue weighted by molar-refractivity contribution is -0.115. The number of nitrogens with two attached hydrogens (primary N) is 2. The summed E-state index contributed by atoms with van der Waals surface area (Å²) in [5, 5.41) is 8.20. The minimum absolute atomic E-state index is 0.398. The van der Waals surface area contributed by atoms with E-state index in [0.29, 0.717) is 11.1 Å². The average Bonchev–Trinajstić information content (AvgIpc) is 2.62. The van der Waals surface area contributed by atoms with Gasteiger partial charge in [0.2, 0.25) is 11.8 Å². The number of primary amides is 2. The Morgan fingerprint density at radius 3 is 1.12 bits per heavy atom. The molecule has 0 saturated heterocycles. The Bertz CT molecular complexity index is 664. The molecule has 0 aromatic heterocycles. The molecule has 2 rings (SSSR count). The zero-order valence-corrected chi connectivity index (χ0v) is 15.1. The van der Waals surface area contributed by atoms with Crippen molar-refractivity contribution < 1.29 is 9.59 Å². The van der Waals surface area contributed by atoms with Crippen LogP contribution in [0.15, 0.2) is 95.2 Å². The van der Waals surface area contributed by atoms with Crippen LogP contribution in [-0.2, 0) is 9.59 Å². The summed E-state index contributed by atoms with van der Waals surface area (Å²) in [6, 6.07) is 19.4. The van der Waals surface area contributed by atoms with E-state index in [1.807, 2.05) is 60.7 Å². The number of carbonyl (C=O) groups is 2. The van der Waals surface area contributed by atoms with Crippen molar-refractivity contribution in [2.75, 3.05) is 0 Å². The highest BCUT2D eigenvalue weighted by molar-refractivity contribution is 5.90. The molecule has 0 heterocycles. The molecule has 0 saturated carbocycles. The first-order chi connectivity index (χ1) is 12.2. The summed E-state index contributed by atoms with van der Waals surface area (Å²) in [6.07, 6.45) is 0. The van der Waals surface area contributed by atoms with Gasteiger partial charge in [0.15, 0.2) is 0 Å². The molecule has 0 spiro atoms. The van der Waals surface area contributed by atoms with Gasteiger partial charge in [-0.3, -0.25) is 9.59 Å². The van der Waals surface area contributed by atoms with Crippen molar-refractivity contribution in [1.29, 1.82) is 0 Å². The highest BCUT2D eigenvalue weighted by Gasteiger charge is 1.88. The second kappa shape index (κ2) is 12.8. The Kier molecular flexibility index (Phi) is 11.1. The van der Waals surface area contributed by atoms with Gasteiger partial charge in [0.05, 0.1) is 11.4 Å². The van der Waals surface area contributed by atoms with E-state index < -0.39 is 11.8 Å². The Hall–Kier alpha value is -3.54. The van der Waals surface area contributed by atoms with Crippen molar-refractivity contribution in [1.82, 2.24) is 0 Å². The minimum Gasteiger partial charge on any atom is -0.366 e. The molecule has 136 valence electrons. The van der Waals surface area contributed by atoms with Gasteiger partial charge in [-0.2, -0.15) is 10.2 Å². The molecule has 0 radical (unpaired) electrons. The van der Waals surface area contributed by atoms with Crippen LogP contribution < -0.4 is 11.5 Å². The molecule has 0 atom stereocenters. The van der Waals surface area contributed by atoms with Gasteiger partial charge >= 0.3 is 0 Å². The lowest BCUT2D eigenvalue weighted by atomic mass is 10.3. The second-order valence-corrected chi connectivity index (χ2v) is 5.16. The summed E-state index contributed by atoms with van der Waals surface area (Å²) < 4.78 is 0. The molecule has 0 aliphatic rings. The number of azo groups is 1. The maximum absolute atomic E-state index is 9.82. The number of benzene rings is 2. The van der Waals surface area contributed by atoms with Crippen LogP contribution >= 0.6 is 0 Å². The van der Waals surface area contributed by atoms with E-state index in [1.54, 1.807) is 13.8 Å². The van der Waals surface area contributed by atoms with Gasteiger partial charge in [-0.15, -0.1) is 0 Å². The SMILES string of the molecule is C=C(C)C(N)=O.C=C(C)C(N)=O.c1ccc(N=Nc2ccccc2)cc1. The van der Waals surface area contributed by atoms with Gasteiger partial charge in [0, 0.05) is 11.1 Å². The molecular weight excluding hydrogens is 328 g/mol. The zero-order valence-electron chi connectivity index (χ0n) is 15.1. The van der Waals surface area contributed by atoms with E-state index in [2.05, 4.69) is 23.4 Å². The van der Waals surface area contributed by atoms with Crippen LogP contribution in [0, 0.1) is 0 Å². The predicted molar refractivity (Wildman–Crippen MR) is 105 cm³/mol. The fraction of sp³-hybridized carbons (Fsp3) is 0.100. The summed E-state index contributed by atoms with van der Waals surface area (Å²) >= 11 is 0. The van der Waals surface area contributed by atoms with Crippen LogP contribution in [0.4, 0.5) is 11.4 Å². The second-order valence-electron chi connectivity index (χ2n) is 5.16. The zero-order chi connectivity index (χ0) is 19.9. The minimum atomic E-state index is -0.435. The normalized spacial score (nSPS) is 9.15. The van der Waals surface area contributed by atoms with Crippen LogP contribution in [-0.4, -0.2) is 11.8 Å². The molecule has 2 amide bonds. The molecule has 0 aliphatic carbocycles. The predicted octanol–water partition coefficient (Wildman–Crippen LogP) is 4.20. The molecule has 0 fully saturated rings. The number of carbonyl (C=O) groups excluding carboxylic acids is 2. The highest BCUT2D eigenvalue weighted by atomic mass is 16.1. The molecule has 4 N–H and O–H groups in total. The first-order valence-corrected chi connectivity index (χ1v) is 7.66.